The van der Waals surface area contributed by atoms with Crippen molar-refractivity contribution >= 4 is 19.3 Å². The number of unbranched alkanes of at least 4 members (excludes halogenated alkanes) is 9. The van der Waals surface area contributed by atoms with Gasteiger partial charge in [-0.05, 0) is 6.04 Å². The molecule has 0 bridgehead atoms. The number of rotatable bonds is 11. The fraction of sp³-hybridized carbons (Fsp3) is 1.00. The first-order valence-corrected chi connectivity index (χ1v) is 11.8. The summed E-state index contributed by atoms with van der Waals surface area (Å²) in [6.07, 6.45) is 14.4. The topological polar surface area (TPSA) is 0 Å². The summed E-state index contributed by atoms with van der Waals surface area (Å²) in [6, 6.07) is 1.40. The fourth-order valence-electron chi connectivity index (χ4n) is 2.05. The van der Waals surface area contributed by atoms with E-state index in [2.05, 4.69) is 32.1 Å². The van der Waals surface area contributed by atoms with Crippen LogP contribution in [0.25, 0.3) is 0 Å². The maximum Gasteiger partial charge on any atom is 0.107 e. The van der Waals surface area contributed by atoms with E-state index in [-0.39, 0.29) is 0 Å². The third-order valence-electron chi connectivity index (χ3n) is 3.14. The molecule has 0 saturated carbocycles. The molecule has 0 fully saturated rings. The predicted molar refractivity (Wildman–Crippen MR) is 83.1 cm³/mol. The second-order valence-corrected chi connectivity index (χ2v) is 13.5. The highest BCUT2D eigenvalue weighted by molar-refractivity contribution is 8.14. The largest absolute Gasteiger partial charge is 0.202 e. The van der Waals surface area contributed by atoms with Crippen LogP contribution in [0, 0.1) is 0 Å². The molecule has 0 rings (SSSR count). The molecule has 0 aliphatic rings. The first kappa shape index (κ1) is 16.6. The minimum atomic E-state index is -1.05. The van der Waals surface area contributed by atoms with Crippen molar-refractivity contribution in [3.05, 3.63) is 0 Å². The molecular formula is C14H32SSi. The van der Waals surface area contributed by atoms with E-state index in [9.17, 15) is 0 Å². The molecule has 0 aromatic heterocycles. The zero-order valence-corrected chi connectivity index (χ0v) is 13.6. The van der Waals surface area contributed by atoms with Gasteiger partial charge >= 0.3 is 0 Å². The average molecular weight is 261 g/mol. The molecule has 0 nitrogen and oxygen atoms in total. The molecule has 0 atom stereocenters. The van der Waals surface area contributed by atoms with Gasteiger partial charge in [0.1, 0.15) is 7.22 Å². The molecule has 0 aliphatic heterocycles. The molecule has 0 unspecified atom stereocenters. The average Bonchev–Trinajstić information content (AvgIpc) is 2.19. The number of thiol groups is 1. The quantitative estimate of drug-likeness (QED) is 0.261. The summed E-state index contributed by atoms with van der Waals surface area (Å²) >= 11 is 4.68. The van der Waals surface area contributed by atoms with Crippen molar-refractivity contribution in [1.29, 1.82) is 0 Å². The molecule has 0 radical (unpaired) electrons. The molecule has 0 spiro atoms. The van der Waals surface area contributed by atoms with Crippen LogP contribution in [0.1, 0.15) is 71.1 Å². The molecule has 2 heteroatoms. The number of hydrogen-bond donors (Lipinski definition) is 1. The van der Waals surface area contributed by atoms with Crippen molar-refractivity contribution in [2.75, 3.05) is 0 Å². The third kappa shape index (κ3) is 14.6. The molecule has 0 aromatic carbocycles. The van der Waals surface area contributed by atoms with E-state index >= 15 is 0 Å². The fourth-order valence-corrected chi connectivity index (χ4v) is 3.63. The maximum atomic E-state index is 4.68. The molecular weight excluding hydrogens is 228 g/mol. The molecule has 0 aromatic rings. The summed E-state index contributed by atoms with van der Waals surface area (Å²) in [5.74, 6) is 0. The second kappa shape index (κ2) is 10.7. The SMILES string of the molecule is CCCCCCCCCCCC[Si](C)(C)S. The lowest BCUT2D eigenvalue weighted by molar-refractivity contribution is 0.562. The summed E-state index contributed by atoms with van der Waals surface area (Å²) in [4.78, 5) is 0. The summed E-state index contributed by atoms with van der Waals surface area (Å²) in [7, 11) is -1.05. The van der Waals surface area contributed by atoms with Crippen molar-refractivity contribution < 1.29 is 0 Å². The number of hydrogen-bond acceptors (Lipinski definition) is 1. The third-order valence-corrected chi connectivity index (χ3v) is 5.39. The monoisotopic (exact) mass is 260 g/mol. The Balaban J connectivity index is 2.99. The van der Waals surface area contributed by atoms with Gasteiger partial charge in [-0.15, -0.1) is 0 Å². The summed E-state index contributed by atoms with van der Waals surface area (Å²) < 4.78 is 0. The standard InChI is InChI=1S/C14H32SSi/c1-4-5-6-7-8-9-10-11-12-13-14-16(2,3)15/h15H,4-14H2,1-3H3. The van der Waals surface area contributed by atoms with E-state index in [1.54, 1.807) is 0 Å². The second-order valence-electron chi connectivity index (χ2n) is 5.74. The van der Waals surface area contributed by atoms with Crippen LogP contribution in [0.3, 0.4) is 0 Å². The van der Waals surface area contributed by atoms with E-state index in [0.29, 0.717) is 0 Å². The Bertz CT molecular complexity index is 140. The van der Waals surface area contributed by atoms with Gasteiger partial charge in [0.15, 0.2) is 0 Å². The predicted octanol–water partition coefficient (Wildman–Crippen LogP) is 6.04. The Morgan fingerprint density at radius 2 is 1.06 bits per heavy atom. The van der Waals surface area contributed by atoms with Crippen molar-refractivity contribution in [1.82, 2.24) is 0 Å². The van der Waals surface area contributed by atoms with Gasteiger partial charge in [0.05, 0.1) is 0 Å². The molecule has 0 saturated heterocycles. The van der Waals surface area contributed by atoms with Crippen molar-refractivity contribution in [2.24, 2.45) is 0 Å². The maximum absolute atomic E-state index is 4.68. The lowest BCUT2D eigenvalue weighted by Gasteiger charge is -2.13. The Morgan fingerprint density at radius 1 is 0.688 bits per heavy atom. The first-order chi connectivity index (χ1) is 7.56. The lowest BCUT2D eigenvalue weighted by atomic mass is 10.1. The van der Waals surface area contributed by atoms with Gasteiger partial charge in [0.2, 0.25) is 0 Å². The van der Waals surface area contributed by atoms with Crippen molar-refractivity contribution in [3.8, 4) is 0 Å². The minimum Gasteiger partial charge on any atom is -0.202 e. The van der Waals surface area contributed by atoms with Crippen molar-refractivity contribution in [3.63, 3.8) is 0 Å². The Kier molecular flexibility index (Phi) is 11.1. The van der Waals surface area contributed by atoms with Gasteiger partial charge in [-0.2, -0.15) is 0 Å². The molecule has 0 N–H and O–H groups in total. The van der Waals surface area contributed by atoms with Crippen LogP contribution in [0.4, 0.5) is 0 Å². The van der Waals surface area contributed by atoms with Gasteiger partial charge in [0.25, 0.3) is 0 Å². The van der Waals surface area contributed by atoms with Crippen LogP contribution in [0.2, 0.25) is 19.1 Å². The van der Waals surface area contributed by atoms with Gasteiger partial charge in [-0.1, -0.05) is 84.2 Å². The first-order valence-electron chi connectivity index (χ1n) is 7.28. The molecule has 0 heterocycles. The summed E-state index contributed by atoms with van der Waals surface area (Å²) in [6.45, 7) is 6.99. The Labute approximate surface area is 110 Å². The molecule has 16 heavy (non-hydrogen) atoms. The normalized spacial score (nSPS) is 12.0. The minimum absolute atomic E-state index is 1.05. The van der Waals surface area contributed by atoms with Crippen molar-refractivity contribution in [2.45, 2.75) is 90.3 Å². The zero-order valence-electron chi connectivity index (χ0n) is 11.7. The van der Waals surface area contributed by atoms with Gasteiger partial charge in [-0.25, -0.2) is 12.1 Å². The van der Waals surface area contributed by atoms with E-state index < -0.39 is 7.22 Å². The summed E-state index contributed by atoms with van der Waals surface area (Å²) in [5.41, 5.74) is 0. The van der Waals surface area contributed by atoms with Crippen LogP contribution in [-0.2, 0) is 0 Å². The van der Waals surface area contributed by atoms with Gasteiger partial charge in [0, 0.05) is 0 Å². The lowest BCUT2D eigenvalue weighted by Crippen LogP contribution is -2.15. The molecule has 0 amide bonds. The van der Waals surface area contributed by atoms with E-state index in [0.717, 1.165) is 0 Å². The van der Waals surface area contributed by atoms with Crippen LogP contribution in [0.15, 0.2) is 0 Å². The van der Waals surface area contributed by atoms with Crippen LogP contribution in [0.5, 0.6) is 0 Å². The van der Waals surface area contributed by atoms with E-state index in [1.807, 2.05) is 0 Å². The Morgan fingerprint density at radius 3 is 1.44 bits per heavy atom. The summed E-state index contributed by atoms with van der Waals surface area (Å²) in [5, 5.41) is 0. The molecule has 98 valence electrons. The van der Waals surface area contributed by atoms with E-state index in [4.69, 9.17) is 0 Å². The highest BCUT2D eigenvalue weighted by atomic mass is 32.3. The Hall–Kier alpha value is 0.567. The van der Waals surface area contributed by atoms with E-state index in [1.165, 1.54) is 70.3 Å². The zero-order chi connectivity index (χ0) is 12.3. The highest BCUT2D eigenvalue weighted by Gasteiger charge is 2.12. The van der Waals surface area contributed by atoms with Gasteiger partial charge in [-0.3, -0.25) is 0 Å². The highest BCUT2D eigenvalue weighted by Crippen LogP contribution is 2.19. The van der Waals surface area contributed by atoms with Crippen LogP contribution in [-0.4, -0.2) is 7.22 Å². The molecule has 0 aliphatic carbocycles. The van der Waals surface area contributed by atoms with Crippen LogP contribution >= 0.6 is 12.1 Å². The smallest absolute Gasteiger partial charge is 0.107 e. The van der Waals surface area contributed by atoms with Crippen LogP contribution < -0.4 is 0 Å². The van der Waals surface area contributed by atoms with Gasteiger partial charge < -0.3 is 0 Å².